The van der Waals surface area contributed by atoms with Gasteiger partial charge in [0.2, 0.25) is 5.69 Å². The molecule has 0 aliphatic carbocycles. The molecular weight excluding hydrogens is 265 g/mol. The monoisotopic (exact) mass is 287 g/mol. The van der Waals surface area contributed by atoms with Crippen LogP contribution in [0.1, 0.15) is 12.8 Å². The molecule has 0 aliphatic heterocycles. The van der Waals surface area contributed by atoms with Crippen molar-refractivity contribution in [2.24, 2.45) is 0 Å². The van der Waals surface area contributed by atoms with E-state index in [2.05, 4.69) is 28.9 Å². The summed E-state index contributed by atoms with van der Waals surface area (Å²) in [5, 5.41) is 15.9. The fourth-order valence-electron chi connectivity index (χ4n) is 0.278. The zero-order valence-corrected chi connectivity index (χ0v) is 11.1. The van der Waals surface area contributed by atoms with Crippen molar-refractivity contribution in [3.63, 3.8) is 0 Å². The van der Waals surface area contributed by atoms with E-state index < -0.39 is 5.69 Å². The van der Waals surface area contributed by atoms with Crippen LogP contribution in [0.2, 0.25) is 0 Å². The smallest absolute Gasteiger partial charge is 0.239 e. The Hall–Kier alpha value is 0.680. The van der Waals surface area contributed by atoms with Crippen LogP contribution in [0.15, 0.2) is 0 Å². The lowest BCUT2D eigenvalue weighted by Gasteiger charge is -1.90. The van der Waals surface area contributed by atoms with Gasteiger partial charge in [0.25, 0.3) is 0 Å². The van der Waals surface area contributed by atoms with Crippen LogP contribution >= 0.6 is 17.9 Å². The molecule has 0 bridgehead atoms. The number of hydrogen-bond acceptors (Lipinski definition) is 7. The second-order valence-electron chi connectivity index (χ2n) is 1.78. The Balaban J connectivity index is -0.0000000383. The van der Waals surface area contributed by atoms with Crippen LogP contribution in [-0.2, 0) is 16.7 Å². The van der Waals surface area contributed by atoms with Gasteiger partial charge >= 0.3 is 0 Å². The third-order valence-electron chi connectivity index (χ3n) is 0.644. The van der Waals surface area contributed by atoms with Gasteiger partial charge in [-0.15, -0.1) is 0 Å². The van der Waals surface area contributed by atoms with Crippen LogP contribution in [0, 0.1) is 0 Å². The van der Waals surface area contributed by atoms with Gasteiger partial charge in [-0.25, -0.2) is 4.89 Å². The Morgan fingerprint density at radius 1 is 1.13 bits per heavy atom. The van der Waals surface area contributed by atoms with Gasteiger partial charge in [0.1, 0.15) is 0 Å². The van der Waals surface area contributed by atoms with Gasteiger partial charge in [0.15, 0.2) is 0 Å². The summed E-state index contributed by atoms with van der Waals surface area (Å²) in [5.41, 5.74) is -3.11. The molecule has 0 aromatic carbocycles. The van der Waals surface area contributed by atoms with E-state index in [-0.39, 0.29) is 25.1 Å². The maximum absolute atomic E-state index is 8.16. The molecule has 0 spiro atoms. The topological polar surface area (TPSA) is 195 Å². The molecule has 0 rings (SSSR count). The zero-order valence-electron chi connectivity index (χ0n) is 8.45. The van der Waals surface area contributed by atoms with Gasteiger partial charge in [-0.3, -0.25) is 5.26 Å². The predicted octanol–water partition coefficient (Wildman–Crippen LogP) is 0.860. The number of thiol groups is 1. The fourth-order valence-corrected chi connectivity index (χ4v) is 0.278. The normalized spacial score (nSPS) is 8.33. The molecule has 100 valence electrons. The molecule has 0 saturated heterocycles. The number of unbranched alkanes of at least 4 members (excludes halogenated alkanes) is 1. The molecule has 0 heterocycles. The first kappa shape index (κ1) is 29.6. The summed E-state index contributed by atoms with van der Waals surface area (Å²) in [5.74, 6) is 0. The minimum Gasteiger partial charge on any atom is -0.396 e. The summed E-state index contributed by atoms with van der Waals surface area (Å²) < 4.78 is 0. The summed E-state index contributed by atoms with van der Waals surface area (Å²) in [6.45, 7) is 0.490. The average molecular weight is 287 g/mol. The Labute approximate surface area is 99.7 Å². The summed E-state index contributed by atoms with van der Waals surface area (Å²) >= 11 is 7.07. The van der Waals surface area contributed by atoms with Gasteiger partial charge in [-0.2, -0.15) is 0 Å². The molecule has 8 nitrogen and oxygen atoms in total. The number of rotatable bonds is 4. The lowest BCUT2D eigenvalue weighted by atomic mass is 10.3. The minimum atomic E-state index is -3.11. The maximum atomic E-state index is 8.16. The van der Waals surface area contributed by atoms with E-state index in [1.807, 2.05) is 0 Å². The first-order valence-electron chi connectivity index (χ1n) is 3.07. The van der Waals surface area contributed by atoms with Crippen molar-refractivity contribution in [3.05, 3.63) is 0 Å². The molecule has 0 aliphatic rings. The molecule has 0 unspecified atom stereocenters. The third kappa shape index (κ3) is 108. The van der Waals surface area contributed by atoms with Crippen LogP contribution in [0.4, 0.5) is 0 Å². The molecule has 15 heavy (non-hydrogen) atoms. The number of aliphatic hydroxyl groups excluding tert-OH is 1. The molecule has 0 amide bonds. The molecule has 0 aromatic rings. The van der Waals surface area contributed by atoms with Crippen LogP contribution in [0.5, 0.6) is 0 Å². The maximum Gasteiger partial charge on any atom is 0.239 e. The largest absolute Gasteiger partial charge is 0.396 e. The van der Waals surface area contributed by atoms with E-state index in [0.717, 1.165) is 0 Å². The molecule has 0 aromatic heterocycles. The molecule has 0 saturated carbocycles. The Morgan fingerprint density at radius 3 is 1.67 bits per heavy atom. The van der Waals surface area contributed by atoms with E-state index in [1.165, 1.54) is 0 Å². The molecule has 11 heteroatoms. The summed E-state index contributed by atoms with van der Waals surface area (Å²) in [6, 6.07) is 0. The fraction of sp³-hybridized carbons (Fsp3) is 1.00. The Kier molecular flexibility index (Phi) is 39.8. The highest BCUT2D eigenvalue weighted by atomic mass is 32.9. The summed E-state index contributed by atoms with van der Waals surface area (Å²) in [4.78, 5) is 19.5. The minimum absolute atomic E-state index is 0. The van der Waals surface area contributed by atoms with Crippen molar-refractivity contribution >= 4 is 29.7 Å². The predicted molar refractivity (Wildman–Crippen MR) is 67.7 cm³/mol. The van der Waals surface area contributed by atoms with Crippen molar-refractivity contribution < 1.29 is 25.0 Å². The highest BCUT2D eigenvalue weighted by Crippen LogP contribution is 2.39. The van der Waals surface area contributed by atoms with Crippen molar-refractivity contribution in [3.8, 4) is 0 Å². The summed E-state index contributed by atoms with van der Waals surface area (Å²) in [6.07, 6.45) is 1.41. The van der Waals surface area contributed by atoms with E-state index in [1.54, 1.807) is 0 Å². The Morgan fingerprint density at radius 2 is 1.47 bits per heavy atom. The van der Waals surface area contributed by atoms with Crippen LogP contribution in [-0.4, -0.2) is 33.4 Å². The van der Waals surface area contributed by atoms with Crippen LogP contribution < -0.4 is 18.5 Å². The van der Waals surface area contributed by atoms with E-state index >= 15 is 0 Å². The Bertz CT molecular complexity index is 125. The van der Waals surface area contributed by atoms with Crippen molar-refractivity contribution in [1.82, 2.24) is 18.5 Å². The SMILES string of the molecule is N.N.N.OCCCCOO.OP(O)(=S)S. The zero-order chi connectivity index (χ0) is 10.0. The van der Waals surface area contributed by atoms with Crippen molar-refractivity contribution in [2.75, 3.05) is 13.2 Å². The molecule has 0 radical (unpaired) electrons. The second-order valence-corrected chi connectivity index (χ2v) is 6.82. The van der Waals surface area contributed by atoms with Crippen molar-refractivity contribution in [1.29, 1.82) is 0 Å². The van der Waals surface area contributed by atoms with E-state index in [4.69, 9.17) is 20.2 Å². The molecule has 0 fully saturated rings. The molecular formula is C4H22N3O5PS2. The van der Waals surface area contributed by atoms with Crippen molar-refractivity contribution in [2.45, 2.75) is 12.8 Å². The highest BCUT2D eigenvalue weighted by molar-refractivity contribution is 8.59. The highest BCUT2D eigenvalue weighted by Gasteiger charge is 1.90. The molecule has 0 atom stereocenters. The lowest BCUT2D eigenvalue weighted by molar-refractivity contribution is -0.242. The van der Waals surface area contributed by atoms with Gasteiger partial charge in [-0.1, -0.05) is 12.2 Å². The summed E-state index contributed by atoms with van der Waals surface area (Å²) in [7, 11) is 0. The van der Waals surface area contributed by atoms with Gasteiger partial charge < -0.3 is 33.3 Å². The molecule has 13 N–H and O–H groups in total. The van der Waals surface area contributed by atoms with Crippen LogP contribution in [0.25, 0.3) is 0 Å². The van der Waals surface area contributed by atoms with Crippen LogP contribution in [0.3, 0.4) is 0 Å². The van der Waals surface area contributed by atoms with E-state index in [9.17, 15) is 0 Å². The lowest BCUT2D eigenvalue weighted by Crippen LogP contribution is -1.90. The first-order valence-corrected chi connectivity index (χ1v) is 6.93. The van der Waals surface area contributed by atoms with E-state index in [0.29, 0.717) is 19.4 Å². The quantitative estimate of drug-likeness (QED) is 0.121. The van der Waals surface area contributed by atoms with Gasteiger partial charge in [-0.05, 0) is 24.6 Å². The standard InChI is InChI=1S/C4H10O3.3H3N.H3O2PS2/c5-3-1-2-4-7-6;;;;1-3(2,4)5/h5-6H,1-4H2;3*1H3;(H3,1,2,4,5). The first-order chi connectivity index (χ1) is 5.41. The number of aliphatic hydroxyl groups is 1. The average Bonchev–Trinajstić information content (AvgIpc) is 1.85. The third-order valence-corrected chi connectivity index (χ3v) is 0.644. The van der Waals surface area contributed by atoms with Gasteiger partial charge in [0.05, 0.1) is 6.61 Å². The second kappa shape index (κ2) is 20.1. The number of hydrogen-bond donors (Lipinski definition) is 8. The van der Waals surface area contributed by atoms with Gasteiger partial charge in [0, 0.05) is 6.61 Å².